The van der Waals surface area contributed by atoms with E-state index in [1.807, 2.05) is 0 Å². The predicted molar refractivity (Wildman–Crippen MR) is 106 cm³/mol. The van der Waals surface area contributed by atoms with Crippen LogP contribution in [0.15, 0.2) is 0 Å². The van der Waals surface area contributed by atoms with Crippen LogP contribution in [0.1, 0.15) is 12.8 Å². The number of nitrogens with zero attached hydrogens (tertiary/aromatic N) is 3. The summed E-state index contributed by atoms with van der Waals surface area (Å²) in [4.78, 5) is 7.83. The molecule has 0 saturated carbocycles. The number of methoxy groups -OCH3 is 1. The number of nitrogens with one attached hydrogen (secondary N) is 2. The maximum absolute atomic E-state index is 5.36. The van der Waals surface area contributed by atoms with E-state index in [1.165, 1.54) is 58.7 Å². The molecule has 2 bridgehead atoms. The third-order valence-electron chi connectivity index (χ3n) is 6.19. The lowest BCUT2D eigenvalue weighted by atomic mass is 9.75. The number of hydrogen-bond donors (Lipinski definition) is 2. The van der Waals surface area contributed by atoms with Crippen LogP contribution in [0, 0.1) is 11.8 Å². The number of ether oxygens (including phenoxy) is 1. The van der Waals surface area contributed by atoms with E-state index in [1.54, 1.807) is 7.11 Å². The highest BCUT2D eigenvalue weighted by Gasteiger charge is 2.40. The molecule has 4 heterocycles. The van der Waals surface area contributed by atoms with Crippen molar-refractivity contribution in [3.63, 3.8) is 0 Å². The predicted octanol–water partition coefficient (Wildman–Crippen LogP) is 0.0547. The van der Waals surface area contributed by atoms with Gasteiger partial charge in [0.05, 0.1) is 6.61 Å². The summed E-state index contributed by atoms with van der Waals surface area (Å²) in [6, 6.07) is 0.643. The maximum atomic E-state index is 5.36. The van der Waals surface area contributed by atoms with Gasteiger partial charge >= 0.3 is 0 Å². The Morgan fingerprint density at radius 2 is 1.96 bits per heavy atom. The van der Waals surface area contributed by atoms with Crippen LogP contribution in [-0.4, -0.2) is 106 Å². The molecule has 1 unspecified atom stereocenters. The molecular formula is C18H35N5OS. The quantitative estimate of drug-likeness (QED) is 0.486. The molecule has 0 aromatic heterocycles. The molecule has 4 rings (SSSR count). The van der Waals surface area contributed by atoms with Crippen molar-refractivity contribution in [2.24, 2.45) is 11.8 Å². The van der Waals surface area contributed by atoms with Gasteiger partial charge in [0, 0.05) is 65.5 Å². The van der Waals surface area contributed by atoms with Gasteiger partial charge in [-0.2, -0.15) is 0 Å². The van der Waals surface area contributed by atoms with E-state index in [4.69, 9.17) is 17.0 Å². The summed E-state index contributed by atoms with van der Waals surface area (Å²) < 4.78 is 5.04. The van der Waals surface area contributed by atoms with Gasteiger partial charge in [-0.25, -0.2) is 0 Å². The average molecular weight is 370 g/mol. The van der Waals surface area contributed by atoms with Crippen LogP contribution in [0.25, 0.3) is 0 Å². The van der Waals surface area contributed by atoms with Gasteiger partial charge in [-0.3, -0.25) is 4.90 Å². The van der Waals surface area contributed by atoms with E-state index < -0.39 is 0 Å². The largest absolute Gasteiger partial charge is 0.383 e. The SMILES string of the molecule is COCCNC(=S)NC[C@H]1C[C@@H]2CCN1C[C@@H]2CN1CCN(C)CC1. The van der Waals surface area contributed by atoms with Crippen molar-refractivity contribution < 1.29 is 4.74 Å². The van der Waals surface area contributed by atoms with Crippen molar-refractivity contribution in [1.29, 1.82) is 0 Å². The van der Waals surface area contributed by atoms with E-state index in [2.05, 4.69) is 32.4 Å². The maximum Gasteiger partial charge on any atom is 0.166 e. The third-order valence-corrected chi connectivity index (χ3v) is 6.48. The second-order valence-corrected chi connectivity index (χ2v) is 8.34. The zero-order valence-corrected chi connectivity index (χ0v) is 16.7. The average Bonchev–Trinajstić information content (AvgIpc) is 2.63. The van der Waals surface area contributed by atoms with Crippen molar-refractivity contribution in [2.75, 3.05) is 79.7 Å². The lowest BCUT2D eigenvalue weighted by Crippen LogP contribution is -2.59. The minimum absolute atomic E-state index is 0.643. The van der Waals surface area contributed by atoms with Crippen LogP contribution in [0.3, 0.4) is 0 Å². The molecule has 0 amide bonds. The molecule has 4 aliphatic rings. The molecule has 4 aliphatic heterocycles. The number of piperidine rings is 3. The lowest BCUT2D eigenvalue weighted by molar-refractivity contribution is -0.0152. The van der Waals surface area contributed by atoms with Crippen LogP contribution in [0.4, 0.5) is 0 Å². The number of rotatable bonds is 7. The molecule has 0 radical (unpaired) electrons. The van der Waals surface area contributed by atoms with E-state index in [0.717, 1.165) is 30.0 Å². The first kappa shape index (κ1) is 19.3. The monoisotopic (exact) mass is 369 g/mol. The van der Waals surface area contributed by atoms with E-state index in [9.17, 15) is 0 Å². The summed E-state index contributed by atoms with van der Waals surface area (Å²) in [7, 11) is 3.94. The molecule has 0 aromatic rings. The minimum Gasteiger partial charge on any atom is -0.383 e. The lowest BCUT2D eigenvalue weighted by Gasteiger charge is -2.51. The second kappa shape index (κ2) is 9.46. The van der Waals surface area contributed by atoms with Crippen molar-refractivity contribution in [1.82, 2.24) is 25.3 Å². The fraction of sp³-hybridized carbons (Fsp3) is 0.944. The first-order chi connectivity index (χ1) is 12.2. The second-order valence-electron chi connectivity index (χ2n) is 7.93. The summed E-state index contributed by atoms with van der Waals surface area (Å²) >= 11 is 5.36. The molecule has 6 nitrogen and oxygen atoms in total. The molecule has 0 spiro atoms. The molecule has 0 aromatic carbocycles. The Bertz CT molecular complexity index is 430. The highest BCUT2D eigenvalue weighted by molar-refractivity contribution is 7.80. The standard InChI is InChI=1S/C18H35N5OS/c1-21-6-8-22(9-7-21)13-16-14-23-5-3-15(16)11-17(23)12-20-18(25)19-4-10-24-2/h15-17H,3-14H2,1-2H3,(H2,19,20,25)/t15-,16-,17+/m0/s1. The Kier molecular flexibility index (Phi) is 7.30. The highest BCUT2D eigenvalue weighted by atomic mass is 32.1. The Morgan fingerprint density at radius 3 is 2.64 bits per heavy atom. The van der Waals surface area contributed by atoms with Crippen LogP contribution < -0.4 is 10.6 Å². The van der Waals surface area contributed by atoms with E-state index in [0.29, 0.717) is 12.6 Å². The summed E-state index contributed by atoms with van der Waals surface area (Å²) in [5.74, 6) is 1.76. The molecule has 0 aliphatic carbocycles. The van der Waals surface area contributed by atoms with Crippen LogP contribution in [0.2, 0.25) is 0 Å². The third kappa shape index (κ3) is 5.50. The molecule has 4 atom stereocenters. The molecular weight excluding hydrogens is 334 g/mol. The molecule has 4 fully saturated rings. The first-order valence-electron chi connectivity index (χ1n) is 9.81. The summed E-state index contributed by atoms with van der Waals surface area (Å²) in [6.07, 6.45) is 2.71. The van der Waals surface area contributed by atoms with Gasteiger partial charge in [-0.1, -0.05) is 0 Å². The highest BCUT2D eigenvalue weighted by Crippen LogP contribution is 2.36. The topological polar surface area (TPSA) is 43.0 Å². The molecule has 2 N–H and O–H groups in total. The van der Waals surface area contributed by atoms with Crippen molar-refractivity contribution in [3.8, 4) is 0 Å². The first-order valence-corrected chi connectivity index (χ1v) is 10.2. The molecule has 7 heteroatoms. The minimum atomic E-state index is 0.643. The number of fused-ring (bicyclic) bond motifs is 3. The number of hydrogen-bond acceptors (Lipinski definition) is 5. The van der Waals surface area contributed by atoms with Crippen LogP contribution in [0.5, 0.6) is 0 Å². The van der Waals surface area contributed by atoms with Gasteiger partial charge in [0.15, 0.2) is 5.11 Å². The summed E-state index contributed by atoms with van der Waals surface area (Å²) in [6.45, 7) is 11.2. The fourth-order valence-electron chi connectivity index (χ4n) is 4.57. The summed E-state index contributed by atoms with van der Waals surface area (Å²) in [5.41, 5.74) is 0. The van der Waals surface area contributed by atoms with Gasteiger partial charge in [0.2, 0.25) is 0 Å². The Balaban J connectivity index is 1.39. The van der Waals surface area contributed by atoms with Gasteiger partial charge in [-0.15, -0.1) is 0 Å². The number of piperazine rings is 1. The fourth-order valence-corrected chi connectivity index (χ4v) is 4.76. The molecule has 25 heavy (non-hydrogen) atoms. The van der Waals surface area contributed by atoms with Gasteiger partial charge < -0.3 is 25.2 Å². The van der Waals surface area contributed by atoms with E-state index in [-0.39, 0.29) is 0 Å². The molecule has 144 valence electrons. The van der Waals surface area contributed by atoms with Crippen molar-refractivity contribution in [2.45, 2.75) is 18.9 Å². The van der Waals surface area contributed by atoms with Gasteiger partial charge in [0.1, 0.15) is 0 Å². The Morgan fingerprint density at radius 1 is 1.16 bits per heavy atom. The van der Waals surface area contributed by atoms with E-state index >= 15 is 0 Å². The number of thiocarbonyl (C=S) groups is 1. The number of likely N-dealkylation sites (N-methyl/N-ethyl adjacent to an activating group) is 1. The smallest absolute Gasteiger partial charge is 0.166 e. The van der Waals surface area contributed by atoms with Crippen LogP contribution in [-0.2, 0) is 4.74 Å². The van der Waals surface area contributed by atoms with Gasteiger partial charge in [0.25, 0.3) is 0 Å². The molecule has 4 saturated heterocycles. The normalized spacial score (nSPS) is 33.4. The van der Waals surface area contributed by atoms with Crippen LogP contribution >= 0.6 is 12.2 Å². The Hall–Kier alpha value is -0.470. The van der Waals surface area contributed by atoms with Crippen molar-refractivity contribution >= 4 is 17.3 Å². The Labute approximate surface area is 158 Å². The summed E-state index contributed by atoms with van der Waals surface area (Å²) in [5, 5.41) is 7.36. The zero-order chi connectivity index (χ0) is 17.6. The van der Waals surface area contributed by atoms with Crippen molar-refractivity contribution in [3.05, 3.63) is 0 Å². The van der Waals surface area contributed by atoms with Gasteiger partial charge in [-0.05, 0) is 50.5 Å². The zero-order valence-electron chi connectivity index (χ0n) is 15.9.